The van der Waals surface area contributed by atoms with Crippen LogP contribution in [0.5, 0.6) is 5.75 Å². The van der Waals surface area contributed by atoms with Crippen LogP contribution in [0.25, 0.3) is 5.82 Å². The van der Waals surface area contributed by atoms with Gasteiger partial charge in [-0.25, -0.2) is 14.6 Å². The summed E-state index contributed by atoms with van der Waals surface area (Å²) in [7, 11) is 0. The van der Waals surface area contributed by atoms with Crippen molar-refractivity contribution < 1.29 is 18.3 Å². The van der Waals surface area contributed by atoms with Crippen molar-refractivity contribution >= 4 is 5.91 Å². The molecule has 134 valence electrons. The van der Waals surface area contributed by atoms with Gasteiger partial charge in [-0.05, 0) is 23.8 Å². The van der Waals surface area contributed by atoms with Crippen LogP contribution in [0.4, 0.5) is 8.78 Å². The highest BCUT2D eigenvalue weighted by molar-refractivity contribution is 5.78. The fourth-order valence-corrected chi connectivity index (χ4v) is 2.32. The lowest BCUT2D eigenvalue weighted by Crippen LogP contribution is -2.25. The van der Waals surface area contributed by atoms with Crippen LogP contribution in [-0.2, 0) is 17.8 Å². The standard InChI is InChI=1S/C17H15F2N5O2/c18-17(19)26-14-5-3-12(4-6-14)8-15(25)22-9-13-2-1-7-21-16(13)24-11-20-10-23-24/h1-7,10-11,17H,8-9H2,(H,22,25). The zero-order chi connectivity index (χ0) is 18.4. The summed E-state index contributed by atoms with van der Waals surface area (Å²) in [5, 5.41) is 6.84. The quantitative estimate of drug-likeness (QED) is 0.699. The number of amides is 1. The number of nitrogens with one attached hydrogen (secondary N) is 1. The van der Waals surface area contributed by atoms with Crippen LogP contribution in [0.1, 0.15) is 11.1 Å². The van der Waals surface area contributed by atoms with Crippen molar-refractivity contribution in [1.82, 2.24) is 25.1 Å². The Morgan fingerprint density at radius 2 is 2.04 bits per heavy atom. The summed E-state index contributed by atoms with van der Waals surface area (Å²) in [6.45, 7) is -2.60. The summed E-state index contributed by atoms with van der Waals surface area (Å²) in [4.78, 5) is 20.3. The van der Waals surface area contributed by atoms with Gasteiger partial charge in [0, 0.05) is 18.3 Å². The van der Waals surface area contributed by atoms with Gasteiger partial charge in [0.25, 0.3) is 0 Å². The van der Waals surface area contributed by atoms with Crippen molar-refractivity contribution in [3.8, 4) is 11.6 Å². The molecule has 0 saturated carbocycles. The van der Waals surface area contributed by atoms with Crippen molar-refractivity contribution in [2.45, 2.75) is 19.6 Å². The smallest absolute Gasteiger partial charge is 0.387 e. The highest BCUT2D eigenvalue weighted by Crippen LogP contribution is 2.15. The van der Waals surface area contributed by atoms with Crippen LogP contribution in [0, 0.1) is 0 Å². The highest BCUT2D eigenvalue weighted by Gasteiger charge is 2.09. The average Bonchev–Trinajstić information content (AvgIpc) is 3.16. The largest absolute Gasteiger partial charge is 0.435 e. The molecule has 26 heavy (non-hydrogen) atoms. The molecule has 9 heteroatoms. The summed E-state index contributed by atoms with van der Waals surface area (Å²) in [6, 6.07) is 9.55. The van der Waals surface area contributed by atoms with E-state index in [-0.39, 0.29) is 24.6 Å². The lowest BCUT2D eigenvalue weighted by Gasteiger charge is -2.10. The van der Waals surface area contributed by atoms with Crippen LogP contribution in [0.15, 0.2) is 55.2 Å². The Hall–Kier alpha value is -3.36. The van der Waals surface area contributed by atoms with E-state index < -0.39 is 6.61 Å². The van der Waals surface area contributed by atoms with Gasteiger partial charge in [-0.3, -0.25) is 4.79 Å². The fourth-order valence-electron chi connectivity index (χ4n) is 2.32. The number of carbonyl (C=O) groups is 1. The van der Waals surface area contributed by atoms with Gasteiger partial charge in [0.15, 0.2) is 5.82 Å². The second-order valence-electron chi connectivity index (χ2n) is 5.30. The minimum absolute atomic E-state index is 0.0528. The van der Waals surface area contributed by atoms with E-state index in [0.29, 0.717) is 11.4 Å². The van der Waals surface area contributed by atoms with Crippen molar-refractivity contribution in [3.05, 3.63) is 66.4 Å². The van der Waals surface area contributed by atoms with Crippen molar-refractivity contribution in [1.29, 1.82) is 0 Å². The molecule has 1 aromatic carbocycles. The van der Waals surface area contributed by atoms with E-state index in [4.69, 9.17) is 0 Å². The van der Waals surface area contributed by atoms with Gasteiger partial charge >= 0.3 is 6.61 Å². The summed E-state index contributed by atoms with van der Waals surface area (Å²) in [6.07, 6.45) is 4.67. The zero-order valence-electron chi connectivity index (χ0n) is 13.5. The number of carbonyl (C=O) groups excluding carboxylic acids is 1. The van der Waals surface area contributed by atoms with Crippen molar-refractivity contribution in [2.24, 2.45) is 0 Å². The first-order chi connectivity index (χ1) is 12.6. The molecule has 0 spiro atoms. The molecule has 0 unspecified atom stereocenters. The number of alkyl halides is 2. The van der Waals surface area contributed by atoms with Crippen LogP contribution in [-0.4, -0.2) is 32.3 Å². The van der Waals surface area contributed by atoms with Crippen LogP contribution in [0.2, 0.25) is 0 Å². The number of nitrogens with zero attached hydrogens (tertiary/aromatic N) is 4. The summed E-state index contributed by atoms with van der Waals surface area (Å²) in [5.74, 6) is 0.428. The molecule has 0 saturated heterocycles. The highest BCUT2D eigenvalue weighted by atomic mass is 19.3. The topological polar surface area (TPSA) is 81.9 Å². The van der Waals surface area contributed by atoms with Crippen molar-refractivity contribution in [3.63, 3.8) is 0 Å². The van der Waals surface area contributed by atoms with E-state index in [0.717, 1.165) is 5.56 Å². The first kappa shape index (κ1) is 17.5. The molecule has 7 nitrogen and oxygen atoms in total. The van der Waals surface area contributed by atoms with E-state index >= 15 is 0 Å². The maximum absolute atomic E-state index is 12.1. The minimum Gasteiger partial charge on any atom is -0.435 e. The monoisotopic (exact) mass is 359 g/mol. The Kier molecular flexibility index (Phi) is 5.47. The van der Waals surface area contributed by atoms with Gasteiger partial charge in [0.2, 0.25) is 5.91 Å². The molecule has 1 amide bonds. The molecular weight excluding hydrogens is 344 g/mol. The summed E-state index contributed by atoms with van der Waals surface area (Å²) >= 11 is 0. The molecule has 0 aliphatic rings. The molecule has 2 aromatic heterocycles. The van der Waals surface area contributed by atoms with E-state index in [1.165, 1.54) is 29.5 Å². The zero-order valence-corrected chi connectivity index (χ0v) is 13.5. The maximum Gasteiger partial charge on any atom is 0.387 e. The molecule has 0 aliphatic heterocycles. The third-order valence-electron chi connectivity index (χ3n) is 3.49. The lowest BCUT2D eigenvalue weighted by molar-refractivity contribution is -0.120. The van der Waals surface area contributed by atoms with Gasteiger partial charge < -0.3 is 10.1 Å². The minimum atomic E-state index is -2.87. The number of rotatable bonds is 7. The first-order valence-electron chi connectivity index (χ1n) is 7.71. The molecule has 0 radical (unpaired) electrons. The molecule has 1 N–H and O–H groups in total. The Bertz CT molecular complexity index is 854. The third kappa shape index (κ3) is 4.59. The van der Waals surface area contributed by atoms with Crippen LogP contribution < -0.4 is 10.1 Å². The summed E-state index contributed by atoms with van der Waals surface area (Å²) < 4.78 is 30.0. The average molecular weight is 359 g/mol. The second-order valence-corrected chi connectivity index (χ2v) is 5.30. The number of hydrogen-bond acceptors (Lipinski definition) is 5. The number of aromatic nitrogens is 4. The van der Waals surface area contributed by atoms with Crippen LogP contribution >= 0.6 is 0 Å². The van der Waals surface area contributed by atoms with Gasteiger partial charge in [-0.1, -0.05) is 18.2 Å². The van der Waals surface area contributed by atoms with Gasteiger partial charge in [-0.15, -0.1) is 0 Å². The number of halogens is 2. The molecule has 0 bridgehead atoms. The molecule has 0 atom stereocenters. The normalized spacial score (nSPS) is 10.7. The molecule has 3 aromatic rings. The van der Waals surface area contributed by atoms with E-state index in [1.807, 2.05) is 6.07 Å². The van der Waals surface area contributed by atoms with Gasteiger partial charge in [0.1, 0.15) is 18.4 Å². The Morgan fingerprint density at radius 3 is 2.73 bits per heavy atom. The van der Waals surface area contributed by atoms with Crippen molar-refractivity contribution in [2.75, 3.05) is 0 Å². The molecule has 3 rings (SSSR count). The lowest BCUT2D eigenvalue weighted by atomic mass is 10.1. The van der Waals surface area contributed by atoms with Gasteiger partial charge in [0.05, 0.1) is 6.42 Å². The maximum atomic E-state index is 12.1. The Morgan fingerprint density at radius 1 is 1.23 bits per heavy atom. The van der Waals surface area contributed by atoms with E-state index in [1.54, 1.807) is 24.4 Å². The number of pyridine rings is 1. The molecular formula is C17H15F2N5O2. The summed E-state index contributed by atoms with van der Waals surface area (Å²) in [5.41, 5.74) is 1.47. The van der Waals surface area contributed by atoms with E-state index in [9.17, 15) is 13.6 Å². The molecule has 2 heterocycles. The first-order valence-corrected chi connectivity index (χ1v) is 7.71. The Labute approximate surface area is 147 Å². The second kappa shape index (κ2) is 8.15. The molecule has 0 aliphatic carbocycles. The van der Waals surface area contributed by atoms with Crippen LogP contribution in [0.3, 0.4) is 0 Å². The predicted molar refractivity (Wildman–Crippen MR) is 87.8 cm³/mol. The molecule has 0 fully saturated rings. The predicted octanol–water partition coefficient (Wildman–Crippen LogP) is 2.12. The Balaban J connectivity index is 1.58. The third-order valence-corrected chi connectivity index (χ3v) is 3.49. The fraction of sp³-hybridized carbons (Fsp3) is 0.176. The number of ether oxygens (including phenoxy) is 1. The number of hydrogen-bond donors (Lipinski definition) is 1. The number of benzene rings is 1. The SMILES string of the molecule is O=C(Cc1ccc(OC(F)F)cc1)NCc1cccnc1-n1cncn1. The van der Waals surface area contributed by atoms with E-state index in [2.05, 4.69) is 25.1 Å². The van der Waals surface area contributed by atoms with Gasteiger partial charge in [-0.2, -0.15) is 13.9 Å².